The Kier molecular flexibility index (Phi) is 9.28. The average Bonchev–Trinajstić information content (AvgIpc) is 2.32. The number of likely N-dealkylation sites (N-methyl/N-ethyl adjacent to an activating group) is 1. The molecule has 0 radical (unpaired) electrons. The summed E-state index contributed by atoms with van der Waals surface area (Å²) in [5, 5.41) is 8.88. The van der Waals surface area contributed by atoms with Gasteiger partial charge in [-0.25, -0.2) is 0 Å². The fourth-order valence-electron chi connectivity index (χ4n) is 1.86. The number of carboxylic acids is 1. The number of rotatable bonds is 10. The quantitative estimate of drug-likeness (QED) is 0.479. The number of aliphatic carboxylic acids is 1. The fourth-order valence-corrected chi connectivity index (χ4v) is 1.86. The number of ether oxygens (including phenoxy) is 1. The fraction of sp³-hybridized carbons (Fsp3) is 0.846. The standard InChI is InChI=1S/C13H25NO4/c1-4-7-8-9-14(5-2)11(10-12(15)16)13(17)18-6-3/h11H,4-10H2,1-3H3,(H,15,16)/t11-/m0/s1. The molecule has 5 nitrogen and oxygen atoms in total. The van der Waals surface area contributed by atoms with Crippen LogP contribution >= 0.6 is 0 Å². The number of carboxylic acid groups (broad SMARTS) is 1. The zero-order valence-electron chi connectivity index (χ0n) is 11.6. The zero-order valence-corrected chi connectivity index (χ0v) is 11.6. The molecular formula is C13H25NO4. The molecule has 18 heavy (non-hydrogen) atoms. The lowest BCUT2D eigenvalue weighted by atomic mass is 10.1. The van der Waals surface area contributed by atoms with Crippen LogP contribution in [-0.2, 0) is 14.3 Å². The number of carbonyl (C=O) groups excluding carboxylic acids is 1. The summed E-state index contributed by atoms with van der Waals surface area (Å²) in [6, 6.07) is -0.663. The molecule has 0 unspecified atom stereocenters. The lowest BCUT2D eigenvalue weighted by molar-refractivity contribution is -0.154. The Bertz CT molecular complexity index is 255. The van der Waals surface area contributed by atoms with Crippen LogP contribution in [0.5, 0.6) is 0 Å². The van der Waals surface area contributed by atoms with Gasteiger partial charge in [0.2, 0.25) is 0 Å². The van der Waals surface area contributed by atoms with Gasteiger partial charge in [0.05, 0.1) is 13.0 Å². The van der Waals surface area contributed by atoms with E-state index in [4.69, 9.17) is 9.84 Å². The maximum absolute atomic E-state index is 11.8. The number of hydrogen-bond donors (Lipinski definition) is 1. The van der Waals surface area contributed by atoms with Crippen LogP contribution < -0.4 is 0 Å². The van der Waals surface area contributed by atoms with Crippen LogP contribution in [0.25, 0.3) is 0 Å². The third kappa shape index (κ3) is 6.59. The first-order valence-corrected chi connectivity index (χ1v) is 6.69. The van der Waals surface area contributed by atoms with E-state index in [1.807, 2.05) is 11.8 Å². The molecule has 0 heterocycles. The van der Waals surface area contributed by atoms with Crippen molar-refractivity contribution in [1.82, 2.24) is 4.90 Å². The van der Waals surface area contributed by atoms with E-state index in [1.165, 1.54) is 0 Å². The van der Waals surface area contributed by atoms with Crippen molar-refractivity contribution in [2.24, 2.45) is 0 Å². The number of hydrogen-bond acceptors (Lipinski definition) is 4. The molecule has 0 aromatic carbocycles. The highest BCUT2D eigenvalue weighted by molar-refractivity contribution is 5.81. The average molecular weight is 259 g/mol. The van der Waals surface area contributed by atoms with Crippen LogP contribution in [0.4, 0.5) is 0 Å². The summed E-state index contributed by atoms with van der Waals surface area (Å²) in [4.78, 5) is 24.5. The molecule has 0 aliphatic rings. The van der Waals surface area contributed by atoms with Gasteiger partial charge in [-0.05, 0) is 26.4 Å². The molecule has 0 saturated heterocycles. The van der Waals surface area contributed by atoms with Gasteiger partial charge in [-0.3, -0.25) is 14.5 Å². The third-order valence-electron chi connectivity index (χ3n) is 2.82. The first-order valence-electron chi connectivity index (χ1n) is 6.69. The van der Waals surface area contributed by atoms with Gasteiger partial charge < -0.3 is 9.84 Å². The van der Waals surface area contributed by atoms with Gasteiger partial charge in [0.15, 0.2) is 0 Å². The van der Waals surface area contributed by atoms with Crippen molar-refractivity contribution in [1.29, 1.82) is 0 Å². The van der Waals surface area contributed by atoms with Gasteiger partial charge >= 0.3 is 11.9 Å². The summed E-state index contributed by atoms with van der Waals surface area (Å²) in [5.74, 6) is -1.40. The van der Waals surface area contributed by atoms with Crippen LogP contribution in [0, 0.1) is 0 Å². The Morgan fingerprint density at radius 3 is 2.33 bits per heavy atom. The Labute approximate surface area is 109 Å². The van der Waals surface area contributed by atoms with Gasteiger partial charge in [0.25, 0.3) is 0 Å². The number of unbranched alkanes of at least 4 members (excludes halogenated alkanes) is 2. The SMILES string of the molecule is CCCCCN(CC)[C@@H](CC(=O)O)C(=O)OCC. The van der Waals surface area contributed by atoms with E-state index >= 15 is 0 Å². The Morgan fingerprint density at radius 2 is 1.89 bits per heavy atom. The molecule has 0 aliphatic carbocycles. The summed E-state index contributed by atoms with van der Waals surface area (Å²) in [6.45, 7) is 7.43. The van der Waals surface area contributed by atoms with Crippen LogP contribution in [0.1, 0.15) is 46.5 Å². The van der Waals surface area contributed by atoms with Crippen molar-refractivity contribution < 1.29 is 19.4 Å². The highest BCUT2D eigenvalue weighted by atomic mass is 16.5. The van der Waals surface area contributed by atoms with E-state index < -0.39 is 18.0 Å². The van der Waals surface area contributed by atoms with Crippen LogP contribution in [0.3, 0.4) is 0 Å². The normalized spacial score (nSPS) is 12.4. The third-order valence-corrected chi connectivity index (χ3v) is 2.82. The molecule has 0 spiro atoms. The maximum atomic E-state index is 11.8. The van der Waals surface area contributed by atoms with Crippen LogP contribution in [-0.4, -0.2) is 47.7 Å². The number of esters is 1. The minimum Gasteiger partial charge on any atom is -0.481 e. The van der Waals surface area contributed by atoms with E-state index in [-0.39, 0.29) is 13.0 Å². The second kappa shape index (κ2) is 9.88. The number of carbonyl (C=O) groups is 2. The Balaban J connectivity index is 4.55. The molecule has 0 bridgehead atoms. The van der Waals surface area contributed by atoms with Crippen molar-refractivity contribution >= 4 is 11.9 Å². The van der Waals surface area contributed by atoms with E-state index in [2.05, 4.69) is 6.92 Å². The molecule has 106 valence electrons. The maximum Gasteiger partial charge on any atom is 0.323 e. The highest BCUT2D eigenvalue weighted by Gasteiger charge is 2.28. The topological polar surface area (TPSA) is 66.8 Å². The molecule has 0 fully saturated rings. The molecule has 0 amide bonds. The molecule has 0 rings (SSSR count). The van der Waals surface area contributed by atoms with Crippen molar-refractivity contribution in [3.05, 3.63) is 0 Å². The first-order chi connectivity index (χ1) is 8.56. The van der Waals surface area contributed by atoms with Gasteiger partial charge in [0.1, 0.15) is 6.04 Å². The summed E-state index contributed by atoms with van der Waals surface area (Å²) >= 11 is 0. The summed E-state index contributed by atoms with van der Waals surface area (Å²) < 4.78 is 4.95. The van der Waals surface area contributed by atoms with Gasteiger partial charge in [-0.15, -0.1) is 0 Å². The largest absolute Gasteiger partial charge is 0.481 e. The van der Waals surface area contributed by atoms with E-state index in [1.54, 1.807) is 6.92 Å². The Morgan fingerprint density at radius 1 is 1.22 bits per heavy atom. The second-order valence-electron chi connectivity index (χ2n) is 4.20. The van der Waals surface area contributed by atoms with E-state index in [9.17, 15) is 9.59 Å². The molecule has 1 N–H and O–H groups in total. The van der Waals surface area contributed by atoms with Crippen molar-refractivity contribution in [3.63, 3.8) is 0 Å². The highest BCUT2D eigenvalue weighted by Crippen LogP contribution is 2.09. The minimum absolute atomic E-state index is 0.196. The minimum atomic E-state index is -0.970. The first kappa shape index (κ1) is 16.9. The van der Waals surface area contributed by atoms with Crippen LogP contribution in [0.15, 0.2) is 0 Å². The molecule has 0 aromatic rings. The molecular weight excluding hydrogens is 234 g/mol. The van der Waals surface area contributed by atoms with Crippen molar-refractivity contribution in [2.45, 2.75) is 52.5 Å². The molecule has 0 aliphatic heterocycles. The number of nitrogens with zero attached hydrogens (tertiary/aromatic N) is 1. The Hall–Kier alpha value is -1.10. The summed E-state index contributed by atoms with van der Waals surface area (Å²) in [6.07, 6.45) is 2.96. The summed E-state index contributed by atoms with van der Waals surface area (Å²) in [7, 11) is 0. The second-order valence-corrected chi connectivity index (χ2v) is 4.20. The predicted molar refractivity (Wildman–Crippen MR) is 69.4 cm³/mol. The van der Waals surface area contributed by atoms with Gasteiger partial charge in [0, 0.05) is 0 Å². The molecule has 5 heteroatoms. The lowest BCUT2D eigenvalue weighted by Gasteiger charge is -2.27. The monoisotopic (exact) mass is 259 g/mol. The van der Waals surface area contributed by atoms with Gasteiger partial charge in [-0.1, -0.05) is 26.7 Å². The molecule has 0 aromatic heterocycles. The predicted octanol–water partition coefficient (Wildman–Crippen LogP) is 1.90. The van der Waals surface area contributed by atoms with Crippen molar-refractivity contribution in [2.75, 3.05) is 19.7 Å². The zero-order chi connectivity index (χ0) is 14.0. The smallest absolute Gasteiger partial charge is 0.323 e. The van der Waals surface area contributed by atoms with E-state index in [0.717, 1.165) is 25.8 Å². The molecule has 1 atom stereocenters. The van der Waals surface area contributed by atoms with Gasteiger partial charge in [-0.2, -0.15) is 0 Å². The molecule has 0 saturated carbocycles. The summed E-state index contributed by atoms with van der Waals surface area (Å²) in [5.41, 5.74) is 0. The van der Waals surface area contributed by atoms with Crippen molar-refractivity contribution in [3.8, 4) is 0 Å². The van der Waals surface area contributed by atoms with Crippen LogP contribution in [0.2, 0.25) is 0 Å². The van der Waals surface area contributed by atoms with E-state index in [0.29, 0.717) is 6.54 Å². The lowest BCUT2D eigenvalue weighted by Crippen LogP contribution is -2.44.